The van der Waals surface area contributed by atoms with Gasteiger partial charge in [-0.3, -0.25) is 9.88 Å². The van der Waals surface area contributed by atoms with Crippen LogP contribution in [0.4, 0.5) is 8.78 Å². The van der Waals surface area contributed by atoms with Crippen molar-refractivity contribution in [2.45, 2.75) is 31.9 Å². The Kier molecular flexibility index (Phi) is 5.07. The zero-order valence-corrected chi connectivity index (χ0v) is 15.0. The van der Waals surface area contributed by atoms with E-state index in [9.17, 15) is 8.78 Å². The lowest BCUT2D eigenvalue weighted by Crippen LogP contribution is -2.40. The summed E-state index contributed by atoms with van der Waals surface area (Å²) in [5.41, 5.74) is 0.355. The maximum Gasteiger partial charge on any atom is 0.257 e. The Balaban J connectivity index is 1.39. The maximum absolute atomic E-state index is 14.5. The van der Waals surface area contributed by atoms with Crippen LogP contribution in [0.25, 0.3) is 0 Å². The molecule has 0 aliphatic carbocycles. The van der Waals surface area contributed by atoms with E-state index in [0.29, 0.717) is 36.3 Å². The molecule has 4 rings (SSSR count). The minimum absolute atomic E-state index is 0.0184. The van der Waals surface area contributed by atoms with Crippen LogP contribution in [0, 0.1) is 11.6 Å². The van der Waals surface area contributed by atoms with Crippen LogP contribution in [0.3, 0.4) is 0 Å². The zero-order valence-electron chi connectivity index (χ0n) is 15.0. The molecule has 1 fully saturated rings. The van der Waals surface area contributed by atoms with Gasteiger partial charge in [-0.1, -0.05) is 0 Å². The van der Waals surface area contributed by atoms with E-state index < -0.39 is 11.6 Å². The molecule has 8 heteroatoms. The molecule has 0 aromatic carbocycles. The molecule has 0 amide bonds. The molecule has 6 nitrogen and oxygen atoms in total. The molecule has 27 heavy (non-hydrogen) atoms. The van der Waals surface area contributed by atoms with Gasteiger partial charge in [-0.2, -0.15) is 0 Å². The number of piperidine rings is 1. The average molecular weight is 377 g/mol. The Labute approximate surface area is 156 Å². The van der Waals surface area contributed by atoms with Gasteiger partial charge in [-0.15, -0.1) is 0 Å². The van der Waals surface area contributed by atoms with Gasteiger partial charge in [0, 0.05) is 25.2 Å². The molecule has 0 spiro atoms. The molecule has 2 aliphatic rings. The number of aromatic nitrogens is 2. The Hall–Kier alpha value is -2.48. The van der Waals surface area contributed by atoms with Gasteiger partial charge in [0.1, 0.15) is 36.7 Å². The van der Waals surface area contributed by atoms with Crippen LogP contribution in [-0.2, 0) is 0 Å². The first-order chi connectivity index (χ1) is 13.1. The SMILES string of the molecule is CC(c1nc2c(cc1F)OCCO2)N1CCC(Oc2cncc(F)c2)CC1. The molecule has 4 heterocycles. The molecule has 2 aromatic heterocycles. The predicted molar refractivity (Wildman–Crippen MR) is 93.0 cm³/mol. The van der Waals surface area contributed by atoms with Gasteiger partial charge >= 0.3 is 0 Å². The van der Waals surface area contributed by atoms with Crippen LogP contribution in [0.15, 0.2) is 24.5 Å². The first-order valence-corrected chi connectivity index (χ1v) is 9.07. The van der Waals surface area contributed by atoms with E-state index in [4.69, 9.17) is 14.2 Å². The van der Waals surface area contributed by atoms with Crippen LogP contribution < -0.4 is 14.2 Å². The number of nitrogens with zero attached hydrogens (tertiary/aromatic N) is 3. The second-order valence-electron chi connectivity index (χ2n) is 6.72. The van der Waals surface area contributed by atoms with Gasteiger partial charge in [0.15, 0.2) is 5.75 Å². The van der Waals surface area contributed by atoms with Crippen LogP contribution in [0.5, 0.6) is 17.4 Å². The van der Waals surface area contributed by atoms with Gasteiger partial charge in [0.2, 0.25) is 0 Å². The lowest BCUT2D eigenvalue weighted by atomic mass is 10.0. The summed E-state index contributed by atoms with van der Waals surface area (Å²) in [5.74, 6) is 0.322. The van der Waals surface area contributed by atoms with E-state index in [-0.39, 0.29) is 12.1 Å². The summed E-state index contributed by atoms with van der Waals surface area (Å²) in [5, 5.41) is 0. The summed E-state index contributed by atoms with van der Waals surface area (Å²) < 4.78 is 44.4. The van der Waals surface area contributed by atoms with Gasteiger partial charge in [-0.25, -0.2) is 13.8 Å². The standard InChI is InChI=1S/C19H21F2N3O3/c1-12(18-16(21)9-17-19(23-18)26-7-6-25-17)24-4-2-14(3-5-24)27-15-8-13(20)10-22-11-15/h8-12,14H,2-7H2,1H3. The smallest absolute Gasteiger partial charge is 0.257 e. The lowest BCUT2D eigenvalue weighted by molar-refractivity contribution is 0.0764. The fourth-order valence-corrected chi connectivity index (χ4v) is 3.46. The second kappa shape index (κ2) is 7.64. The summed E-state index contributed by atoms with van der Waals surface area (Å²) in [6.07, 6.45) is 4.15. The second-order valence-corrected chi connectivity index (χ2v) is 6.72. The topological polar surface area (TPSA) is 56.7 Å². The van der Waals surface area contributed by atoms with Crippen LogP contribution in [-0.4, -0.2) is 47.3 Å². The number of likely N-dealkylation sites (tertiary alicyclic amines) is 1. The van der Waals surface area contributed by atoms with Crippen molar-refractivity contribution in [1.29, 1.82) is 0 Å². The summed E-state index contributed by atoms with van der Waals surface area (Å²) in [4.78, 5) is 10.3. The molecule has 0 radical (unpaired) electrons. The molecule has 0 saturated carbocycles. The molecular weight excluding hydrogens is 356 g/mol. The first kappa shape index (κ1) is 17.9. The Bertz CT molecular complexity index is 813. The van der Waals surface area contributed by atoms with Crippen molar-refractivity contribution in [3.8, 4) is 17.4 Å². The molecule has 2 aromatic rings. The molecule has 1 saturated heterocycles. The molecule has 0 bridgehead atoms. The molecule has 2 aliphatic heterocycles. The maximum atomic E-state index is 14.5. The minimum atomic E-state index is -0.418. The van der Waals surface area contributed by atoms with Gasteiger partial charge in [-0.05, 0) is 19.8 Å². The zero-order chi connectivity index (χ0) is 18.8. The summed E-state index contributed by atoms with van der Waals surface area (Å²) >= 11 is 0. The summed E-state index contributed by atoms with van der Waals surface area (Å²) in [7, 11) is 0. The van der Waals surface area contributed by atoms with E-state index >= 15 is 0 Å². The monoisotopic (exact) mass is 377 g/mol. The van der Waals surface area contributed by atoms with Crippen LogP contribution in [0.2, 0.25) is 0 Å². The van der Waals surface area contributed by atoms with Crippen LogP contribution >= 0.6 is 0 Å². The number of ether oxygens (including phenoxy) is 3. The van der Waals surface area contributed by atoms with Crippen molar-refractivity contribution < 1.29 is 23.0 Å². The Morgan fingerprint density at radius 2 is 1.93 bits per heavy atom. The Morgan fingerprint density at radius 3 is 2.70 bits per heavy atom. The van der Waals surface area contributed by atoms with Crippen molar-refractivity contribution in [3.63, 3.8) is 0 Å². The van der Waals surface area contributed by atoms with Crippen molar-refractivity contribution in [2.75, 3.05) is 26.3 Å². The number of halogens is 2. The number of fused-ring (bicyclic) bond motifs is 1. The number of hydrogen-bond acceptors (Lipinski definition) is 6. The third kappa shape index (κ3) is 3.95. The van der Waals surface area contributed by atoms with Crippen molar-refractivity contribution >= 4 is 0 Å². The quantitative estimate of drug-likeness (QED) is 0.816. The number of pyridine rings is 2. The fourth-order valence-electron chi connectivity index (χ4n) is 3.46. The van der Waals surface area contributed by atoms with Gasteiger partial charge < -0.3 is 14.2 Å². The van der Waals surface area contributed by atoms with E-state index in [2.05, 4.69) is 14.9 Å². The Morgan fingerprint density at radius 1 is 1.15 bits per heavy atom. The highest BCUT2D eigenvalue weighted by atomic mass is 19.1. The largest absolute Gasteiger partial charge is 0.489 e. The first-order valence-electron chi connectivity index (χ1n) is 9.07. The van der Waals surface area contributed by atoms with Crippen LogP contribution in [0.1, 0.15) is 31.5 Å². The lowest BCUT2D eigenvalue weighted by Gasteiger charge is -2.36. The molecule has 144 valence electrons. The van der Waals surface area contributed by atoms with E-state index in [1.165, 1.54) is 18.3 Å². The summed E-state index contributed by atoms with van der Waals surface area (Å²) in [6.45, 7) is 4.20. The van der Waals surface area contributed by atoms with Crippen molar-refractivity contribution in [1.82, 2.24) is 14.9 Å². The van der Waals surface area contributed by atoms with E-state index in [1.54, 1.807) is 0 Å². The third-order valence-corrected chi connectivity index (χ3v) is 4.92. The molecule has 0 N–H and O–H groups in total. The highest BCUT2D eigenvalue weighted by Crippen LogP contribution is 2.34. The van der Waals surface area contributed by atoms with Crippen molar-refractivity contribution in [3.05, 3.63) is 41.9 Å². The summed E-state index contributed by atoms with van der Waals surface area (Å²) in [6, 6.07) is 2.48. The highest BCUT2D eigenvalue weighted by molar-refractivity contribution is 5.37. The predicted octanol–water partition coefficient (Wildman–Crippen LogP) is 3.13. The van der Waals surface area contributed by atoms with Gasteiger partial charge in [0.25, 0.3) is 5.88 Å². The number of hydrogen-bond donors (Lipinski definition) is 0. The minimum Gasteiger partial charge on any atom is -0.489 e. The number of rotatable bonds is 4. The normalized spacial score (nSPS) is 18.9. The molecule has 1 unspecified atom stereocenters. The molecule has 1 atom stereocenters. The fraction of sp³-hybridized carbons (Fsp3) is 0.474. The molecular formula is C19H21F2N3O3. The van der Waals surface area contributed by atoms with E-state index in [1.807, 2.05) is 6.92 Å². The van der Waals surface area contributed by atoms with E-state index in [0.717, 1.165) is 32.1 Å². The van der Waals surface area contributed by atoms with Crippen molar-refractivity contribution in [2.24, 2.45) is 0 Å². The highest BCUT2D eigenvalue weighted by Gasteiger charge is 2.28. The average Bonchev–Trinajstić information content (AvgIpc) is 2.67. The van der Waals surface area contributed by atoms with Gasteiger partial charge in [0.05, 0.1) is 24.1 Å². The third-order valence-electron chi connectivity index (χ3n) is 4.92.